The average molecular weight is 243 g/mol. The number of methoxy groups -OCH3 is 1. The van der Waals surface area contributed by atoms with Gasteiger partial charge in [0.05, 0.1) is 6.61 Å². The Kier molecular flexibility index (Phi) is 4.73. The SMILES string of the molecule is CNC(CCc1cccc2ccccc12)COC. The van der Waals surface area contributed by atoms with Gasteiger partial charge in [-0.2, -0.15) is 0 Å². The number of hydrogen-bond donors (Lipinski definition) is 1. The molecule has 2 aromatic rings. The molecule has 2 nitrogen and oxygen atoms in total. The summed E-state index contributed by atoms with van der Waals surface area (Å²) in [4.78, 5) is 0. The molecule has 0 aliphatic rings. The molecule has 2 heteroatoms. The van der Waals surface area contributed by atoms with E-state index < -0.39 is 0 Å². The molecule has 0 saturated heterocycles. The third-order valence-corrected chi connectivity index (χ3v) is 3.42. The maximum atomic E-state index is 5.21. The van der Waals surface area contributed by atoms with Crippen LogP contribution in [-0.2, 0) is 11.2 Å². The van der Waals surface area contributed by atoms with Crippen molar-refractivity contribution in [2.24, 2.45) is 0 Å². The molecule has 0 radical (unpaired) electrons. The fraction of sp³-hybridized carbons (Fsp3) is 0.375. The van der Waals surface area contributed by atoms with Crippen LogP contribution >= 0.6 is 0 Å². The first-order valence-corrected chi connectivity index (χ1v) is 6.48. The summed E-state index contributed by atoms with van der Waals surface area (Å²) >= 11 is 0. The van der Waals surface area contributed by atoms with Crippen LogP contribution in [0.3, 0.4) is 0 Å². The van der Waals surface area contributed by atoms with Gasteiger partial charge in [-0.05, 0) is 36.2 Å². The number of rotatable bonds is 6. The average Bonchev–Trinajstić information content (AvgIpc) is 2.43. The predicted molar refractivity (Wildman–Crippen MR) is 77.0 cm³/mol. The topological polar surface area (TPSA) is 21.3 Å². The molecule has 0 aliphatic carbocycles. The Balaban J connectivity index is 2.11. The molecule has 1 unspecified atom stereocenters. The second-order valence-corrected chi connectivity index (χ2v) is 4.62. The number of hydrogen-bond acceptors (Lipinski definition) is 2. The lowest BCUT2D eigenvalue weighted by molar-refractivity contribution is 0.166. The highest BCUT2D eigenvalue weighted by Gasteiger charge is 2.07. The fourth-order valence-electron chi connectivity index (χ4n) is 2.35. The van der Waals surface area contributed by atoms with Crippen molar-refractivity contribution >= 4 is 10.8 Å². The van der Waals surface area contributed by atoms with E-state index in [1.807, 2.05) is 7.05 Å². The molecule has 2 aromatic carbocycles. The third kappa shape index (κ3) is 3.09. The number of fused-ring (bicyclic) bond motifs is 1. The van der Waals surface area contributed by atoms with Crippen molar-refractivity contribution in [1.82, 2.24) is 5.32 Å². The normalized spacial score (nSPS) is 12.8. The Morgan fingerprint density at radius 2 is 1.89 bits per heavy atom. The maximum Gasteiger partial charge on any atom is 0.0615 e. The van der Waals surface area contributed by atoms with Crippen LogP contribution in [0.4, 0.5) is 0 Å². The van der Waals surface area contributed by atoms with Crippen molar-refractivity contribution in [3.63, 3.8) is 0 Å². The first-order chi connectivity index (χ1) is 8.85. The van der Waals surface area contributed by atoms with Crippen LogP contribution in [0.15, 0.2) is 42.5 Å². The largest absolute Gasteiger partial charge is 0.383 e. The lowest BCUT2D eigenvalue weighted by atomic mass is 9.99. The molecule has 0 amide bonds. The lowest BCUT2D eigenvalue weighted by Crippen LogP contribution is -2.30. The quantitative estimate of drug-likeness (QED) is 0.842. The first kappa shape index (κ1) is 13.1. The molecular weight excluding hydrogens is 222 g/mol. The number of likely N-dealkylation sites (N-methyl/N-ethyl adjacent to an activating group) is 1. The molecule has 0 spiro atoms. The highest BCUT2D eigenvalue weighted by molar-refractivity contribution is 5.85. The van der Waals surface area contributed by atoms with E-state index in [0.717, 1.165) is 19.4 Å². The molecule has 1 N–H and O–H groups in total. The zero-order valence-corrected chi connectivity index (χ0v) is 11.1. The van der Waals surface area contributed by atoms with Crippen LogP contribution in [0.25, 0.3) is 10.8 Å². The van der Waals surface area contributed by atoms with Crippen LogP contribution in [0, 0.1) is 0 Å². The van der Waals surface area contributed by atoms with E-state index in [0.29, 0.717) is 6.04 Å². The summed E-state index contributed by atoms with van der Waals surface area (Å²) in [7, 11) is 3.75. The highest BCUT2D eigenvalue weighted by atomic mass is 16.5. The van der Waals surface area contributed by atoms with Crippen LogP contribution in [0.5, 0.6) is 0 Å². The Morgan fingerprint density at radius 1 is 1.11 bits per heavy atom. The summed E-state index contributed by atoms with van der Waals surface area (Å²) in [6.07, 6.45) is 2.18. The Labute approximate surface area is 109 Å². The van der Waals surface area contributed by atoms with Gasteiger partial charge in [-0.1, -0.05) is 42.5 Å². The second-order valence-electron chi connectivity index (χ2n) is 4.62. The van der Waals surface area contributed by atoms with Crippen LogP contribution < -0.4 is 5.32 Å². The van der Waals surface area contributed by atoms with Gasteiger partial charge >= 0.3 is 0 Å². The van der Waals surface area contributed by atoms with E-state index in [9.17, 15) is 0 Å². The molecule has 0 aliphatic heterocycles. The van der Waals surface area contributed by atoms with E-state index in [1.165, 1.54) is 16.3 Å². The van der Waals surface area contributed by atoms with E-state index in [4.69, 9.17) is 4.74 Å². The molecule has 0 fully saturated rings. The number of benzene rings is 2. The van der Waals surface area contributed by atoms with Crippen LogP contribution in [0.2, 0.25) is 0 Å². The zero-order chi connectivity index (χ0) is 12.8. The summed E-state index contributed by atoms with van der Waals surface area (Å²) in [6, 6.07) is 15.5. The standard InChI is InChI=1S/C16H21NO/c1-17-15(12-18-2)11-10-14-8-5-7-13-6-3-4-9-16(13)14/h3-9,15,17H,10-12H2,1-2H3. The molecule has 1 atom stereocenters. The van der Waals surface area contributed by atoms with Crippen molar-refractivity contribution in [1.29, 1.82) is 0 Å². The van der Waals surface area contributed by atoms with Crippen LogP contribution in [0.1, 0.15) is 12.0 Å². The summed E-state index contributed by atoms with van der Waals surface area (Å²) in [6.45, 7) is 0.765. The monoisotopic (exact) mass is 243 g/mol. The maximum absolute atomic E-state index is 5.21. The van der Waals surface area contributed by atoms with Gasteiger partial charge in [-0.3, -0.25) is 0 Å². The summed E-state index contributed by atoms with van der Waals surface area (Å²) in [5, 5.41) is 5.99. The van der Waals surface area contributed by atoms with E-state index in [-0.39, 0.29) is 0 Å². The minimum absolute atomic E-state index is 0.425. The van der Waals surface area contributed by atoms with Crippen molar-refractivity contribution in [2.45, 2.75) is 18.9 Å². The van der Waals surface area contributed by atoms with Crippen molar-refractivity contribution in [3.8, 4) is 0 Å². The van der Waals surface area contributed by atoms with Gasteiger partial charge in [0.1, 0.15) is 0 Å². The Bertz CT molecular complexity index is 490. The molecule has 0 aromatic heterocycles. The molecule has 18 heavy (non-hydrogen) atoms. The molecule has 2 rings (SSSR count). The fourth-order valence-corrected chi connectivity index (χ4v) is 2.35. The zero-order valence-electron chi connectivity index (χ0n) is 11.1. The molecular formula is C16H21NO. The van der Waals surface area contributed by atoms with Gasteiger partial charge < -0.3 is 10.1 Å². The minimum atomic E-state index is 0.425. The van der Waals surface area contributed by atoms with E-state index in [2.05, 4.69) is 47.8 Å². The van der Waals surface area contributed by atoms with Gasteiger partial charge in [0.2, 0.25) is 0 Å². The van der Waals surface area contributed by atoms with Gasteiger partial charge in [0.25, 0.3) is 0 Å². The molecule has 96 valence electrons. The summed E-state index contributed by atoms with van der Waals surface area (Å²) in [5.74, 6) is 0. The Hall–Kier alpha value is -1.38. The first-order valence-electron chi connectivity index (χ1n) is 6.48. The van der Waals surface area contributed by atoms with Gasteiger partial charge in [-0.15, -0.1) is 0 Å². The van der Waals surface area contributed by atoms with Crippen molar-refractivity contribution in [2.75, 3.05) is 20.8 Å². The second kappa shape index (κ2) is 6.53. The van der Waals surface area contributed by atoms with E-state index >= 15 is 0 Å². The van der Waals surface area contributed by atoms with Crippen molar-refractivity contribution in [3.05, 3.63) is 48.0 Å². The third-order valence-electron chi connectivity index (χ3n) is 3.42. The predicted octanol–water partition coefficient (Wildman–Crippen LogP) is 3.01. The number of ether oxygens (including phenoxy) is 1. The number of nitrogens with one attached hydrogen (secondary N) is 1. The van der Waals surface area contributed by atoms with Crippen molar-refractivity contribution < 1.29 is 4.74 Å². The summed E-state index contributed by atoms with van der Waals surface area (Å²) in [5.41, 5.74) is 1.42. The van der Waals surface area contributed by atoms with Gasteiger partial charge in [0, 0.05) is 13.2 Å². The smallest absolute Gasteiger partial charge is 0.0615 e. The Morgan fingerprint density at radius 3 is 2.67 bits per heavy atom. The number of aryl methyl sites for hydroxylation is 1. The van der Waals surface area contributed by atoms with E-state index in [1.54, 1.807) is 7.11 Å². The summed E-state index contributed by atoms with van der Waals surface area (Å²) < 4.78 is 5.21. The molecule has 0 heterocycles. The van der Waals surface area contributed by atoms with Gasteiger partial charge in [-0.25, -0.2) is 0 Å². The molecule has 0 saturated carbocycles. The minimum Gasteiger partial charge on any atom is -0.383 e. The lowest BCUT2D eigenvalue weighted by Gasteiger charge is -2.15. The van der Waals surface area contributed by atoms with Crippen LogP contribution in [-0.4, -0.2) is 26.8 Å². The molecule has 0 bridgehead atoms. The highest BCUT2D eigenvalue weighted by Crippen LogP contribution is 2.20. The van der Waals surface area contributed by atoms with Gasteiger partial charge in [0.15, 0.2) is 0 Å².